The van der Waals surface area contributed by atoms with Crippen LogP contribution >= 0.6 is 0 Å². The lowest BCUT2D eigenvalue weighted by atomic mass is 9.87. The summed E-state index contributed by atoms with van der Waals surface area (Å²) in [4.78, 5) is 2.35. The molecule has 0 bridgehead atoms. The van der Waals surface area contributed by atoms with Crippen molar-refractivity contribution in [1.82, 2.24) is 5.32 Å². The number of fused-ring (bicyclic) bond motifs is 3. The minimum atomic E-state index is 0.256. The monoisotopic (exact) mass is 580 g/mol. The van der Waals surface area contributed by atoms with Crippen LogP contribution in [0, 0.1) is 0 Å². The van der Waals surface area contributed by atoms with E-state index >= 15 is 0 Å². The molecular weight excluding hydrogens is 544 g/mol. The molecule has 0 saturated carbocycles. The Morgan fingerprint density at radius 3 is 2.00 bits per heavy atom. The topological polar surface area (TPSA) is 15.3 Å². The highest BCUT2D eigenvalue weighted by Crippen LogP contribution is 2.44. The van der Waals surface area contributed by atoms with Crippen molar-refractivity contribution < 1.29 is 0 Å². The van der Waals surface area contributed by atoms with Gasteiger partial charge in [-0.05, 0) is 88.2 Å². The van der Waals surface area contributed by atoms with Crippen LogP contribution in [0.1, 0.15) is 29.0 Å². The van der Waals surface area contributed by atoms with E-state index in [1.54, 1.807) is 0 Å². The van der Waals surface area contributed by atoms with Crippen molar-refractivity contribution >= 4 is 17.1 Å². The third kappa shape index (κ3) is 5.39. The average molecular weight is 581 g/mol. The Morgan fingerprint density at radius 2 is 1.20 bits per heavy atom. The number of rotatable bonds is 7. The standard InChI is InChI=1S/C43H36N2/c1-3-14-35(15-4-1)44-42-21-10-9-18-39(42)31-22-26-37(27-23-31)45(36-16-5-2-6-17-36)38-28-24-32(25-29-38)40-20-11-13-34-30-33-12-7-8-19-41(33)43(34)40/h1-14,16-29,35,39,42,44H,15,30H2. The highest BCUT2D eigenvalue weighted by atomic mass is 15.1. The Labute approximate surface area is 266 Å². The zero-order valence-corrected chi connectivity index (χ0v) is 25.3. The van der Waals surface area contributed by atoms with Gasteiger partial charge in [-0.3, -0.25) is 0 Å². The summed E-state index contributed by atoms with van der Waals surface area (Å²) in [7, 11) is 0. The van der Waals surface area contributed by atoms with Gasteiger partial charge in [0.05, 0.1) is 0 Å². The highest BCUT2D eigenvalue weighted by molar-refractivity contribution is 5.91. The van der Waals surface area contributed by atoms with E-state index in [0.29, 0.717) is 6.04 Å². The molecule has 218 valence electrons. The molecule has 0 aliphatic heterocycles. The van der Waals surface area contributed by atoms with Crippen molar-refractivity contribution in [3.05, 3.63) is 187 Å². The van der Waals surface area contributed by atoms with Gasteiger partial charge < -0.3 is 10.2 Å². The lowest BCUT2D eigenvalue weighted by Gasteiger charge is -2.30. The lowest BCUT2D eigenvalue weighted by molar-refractivity contribution is 0.496. The molecule has 5 aromatic rings. The average Bonchev–Trinajstić information content (AvgIpc) is 3.49. The molecule has 3 aliphatic rings. The minimum Gasteiger partial charge on any atom is -0.311 e. The molecule has 3 unspecified atom stereocenters. The predicted octanol–water partition coefficient (Wildman–Crippen LogP) is 10.4. The molecule has 0 radical (unpaired) electrons. The maximum Gasteiger partial charge on any atom is 0.0462 e. The molecule has 0 saturated heterocycles. The molecule has 0 spiro atoms. The van der Waals surface area contributed by atoms with E-state index in [-0.39, 0.29) is 12.0 Å². The maximum absolute atomic E-state index is 3.85. The number of nitrogens with one attached hydrogen (secondary N) is 1. The van der Waals surface area contributed by atoms with Crippen LogP contribution in [0.5, 0.6) is 0 Å². The lowest BCUT2D eigenvalue weighted by Crippen LogP contribution is -2.40. The van der Waals surface area contributed by atoms with Crippen molar-refractivity contribution in [3.8, 4) is 22.3 Å². The number of para-hydroxylation sites is 1. The summed E-state index contributed by atoms with van der Waals surface area (Å²) >= 11 is 0. The first-order valence-electron chi connectivity index (χ1n) is 16.0. The molecule has 45 heavy (non-hydrogen) atoms. The predicted molar refractivity (Wildman–Crippen MR) is 189 cm³/mol. The van der Waals surface area contributed by atoms with Gasteiger partial charge in [0.1, 0.15) is 0 Å². The second-order valence-corrected chi connectivity index (χ2v) is 12.1. The van der Waals surface area contributed by atoms with Crippen molar-refractivity contribution in [3.63, 3.8) is 0 Å². The van der Waals surface area contributed by atoms with Crippen molar-refractivity contribution in [2.45, 2.75) is 30.8 Å². The second-order valence-electron chi connectivity index (χ2n) is 12.1. The highest BCUT2D eigenvalue weighted by Gasteiger charge is 2.24. The zero-order valence-electron chi connectivity index (χ0n) is 25.3. The van der Waals surface area contributed by atoms with Gasteiger partial charge in [-0.1, -0.05) is 134 Å². The fourth-order valence-electron chi connectivity index (χ4n) is 7.13. The van der Waals surface area contributed by atoms with Crippen molar-refractivity contribution in [1.29, 1.82) is 0 Å². The molecule has 0 heterocycles. The van der Waals surface area contributed by atoms with Gasteiger partial charge in [0.25, 0.3) is 0 Å². The Morgan fingerprint density at radius 1 is 0.533 bits per heavy atom. The zero-order chi connectivity index (χ0) is 30.0. The van der Waals surface area contributed by atoms with Crippen LogP contribution < -0.4 is 10.2 Å². The van der Waals surface area contributed by atoms with Crippen LogP contribution in [-0.2, 0) is 6.42 Å². The first kappa shape index (κ1) is 27.4. The van der Waals surface area contributed by atoms with Crippen LogP contribution in [-0.4, -0.2) is 12.1 Å². The fourth-order valence-corrected chi connectivity index (χ4v) is 7.13. The number of hydrogen-bond donors (Lipinski definition) is 1. The molecule has 3 atom stereocenters. The third-order valence-electron chi connectivity index (χ3n) is 9.33. The molecule has 5 aromatic carbocycles. The molecule has 0 amide bonds. The van der Waals surface area contributed by atoms with Crippen LogP contribution in [0.4, 0.5) is 17.1 Å². The minimum absolute atomic E-state index is 0.256. The van der Waals surface area contributed by atoms with Crippen LogP contribution in [0.2, 0.25) is 0 Å². The summed E-state index contributed by atoms with van der Waals surface area (Å²) < 4.78 is 0. The van der Waals surface area contributed by atoms with E-state index in [4.69, 9.17) is 0 Å². The number of benzene rings is 5. The maximum atomic E-state index is 3.85. The van der Waals surface area contributed by atoms with Gasteiger partial charge in [-0.25, -0.2) is 0 Å². The smallest absolute Gasteiger partial charge is 0.0462 e. The number of hydrogen-bond acceptors (Lipinski definition) is 2. The van der Waals surface area contributed by atoms with Gasteiger partial charge in [0, 0.05) is 35.1 Å². The van der Waals surface area contributed by atoms with E-state index in [2.05, 4.69) is 180 Å². The summed E-state index contributed by atoms with van der Waals surface area (Å²) in [6, 6.07) is 45.1. The Balaban J connectivity index is 1.10. The molecule has 1 N–H and O–H groups in total. The largest absolute Gasteiger partial charge is 0.311 e. The SMILES string of the molecule is C1=CCC(NC2C=CC=CC2c2ccc(N(c3ccccc3)c3ccc(-c4cccc5c4-c4ccccc4C5)cc3)cc2)C=C1. The van der Waals surface area contributed by atoms with Crippen LogP contribution in [0.3, 0.4) is 0 Å². The molecular formula is C43H36N2. The van der Waals surface area contributed by atoms with E-state index < -0.39 is 0 Å². The van der Waals surface area contributed by atoms with Crippen LogP contribution in [0.15, 0.2) is 170 Å². The fraction of sp³-hybridized carbons (Fsp3) is 0.116. The van der Waals surface area contributed by atoms with Crippen molar-refractivity contribution in [2.24, 2.45) is 0 Å². The Hall–Kier alpha value is -5.18. The summed E-state index contributed by atoms with van der Waals surface area (Å²) in [6.45, 7) is 0. The molecule has 0 aromatic heterocycles. The molecule has 0 fully saturated rings. The molecule has 3 aliphatic carbocycles. The normalized spacial score (nSPS) is 19.3. The summed E-state index contributed by atoms with van der Waals surface area (Å²) in [6.07, 6.45) is 19.8. The van der Waals surface area contributed by atoms with Gasteiger partial charge in [-0.15, -0.1) is 0 Å². The number of anilines is 3. The molecule has 2 heteroatoms. The molecule has 8 rings (SSSR count). The van der Waals surface area contributed by atoms with Crippen LogP contribution in [0.25, 0.3) is 22.3 Å². The van der Waals surface area contributed by atoms with E-state index in [0.717, 1.165) is 29.9 Å². The summed E-state index contributed by atoms with van der Waals surface area (Å²) in [5.74, 6) is 0.283. The molecule has 2 nitrogen and oxygen atoms in total. The first-order valence-corrected chi connectivity index (χ1v) is 16.0. The third-order valence-corrected chi connectivity index (χ3v) is 9.33. The van der Waals surface area contributed by atoms with Gasteiger partial charge >= 0.3 is 0 Å². The summed E-state index contributed by atoms with van der Waals surface area (Å²) in [5, 5.41) is 3.85. The van der Waals surface area contributed by atoms with Crippen molar-refractivity contribution in [2.75, 3.05) is 4.90 Å². The Kier molecular flexibility index (Phi) is 7.34. The number of nitrogens with zero attached hydrogens (tertiary/aromatic N) is 1. The first-order chi connectivity index (χ1) is 22.3. The van der Waals surface area contributed by atoms with Gasteiger partial charge in [0.2, 0.25) is 0 Å². The van der Waals surface area contributed by atoms with Gasteiger partial charge in [-0.2, -0.15) is 0 Å². The Bertz CT molecular complexity index is 1930. The summed E-state index contributed by atoms with van der Waals surface area (Å²) in [5.41, 5.74) is 12.9. The quantitative estimate of drug-likeness (QED) is 0.202. The second kappa shape index (κ2) is 12.1. The van der Waals surface area contributed by atoms with E-state index in [1.165, 1.54) is 38.9 Å². The van der Waals surface area contributed by atoms with E-state index in [9.17, 15) is 0 Å². The van der Waals surface area contributed by atoms with Gasteiger partial charge in [0.15, 0.2) is 0 Å². The van der Waals surface area contributed by atoms with E-state index in [1.807, 2.05) is 0 Å². The number of allylic oxidation sites excluding steroid dienone is 4.